The molecule has 1 aromatic rings. The van der Waals surface area contributed by atoms with Crippen molar-refractivity contribution >= 4 is 27.3 Å². The quantitative estimate of drug-likeness (QED) is 0.838. The smallest absolute Gasteiger partial charge is 0.0445 e. The summed E-state index contributed by atoms with van der Waals surface area (Å²) < 4.78 is 1.17. The number of aliphatic hydroxyl groups is 1. The fourth-order valence-electron chi connectivity index (χ4n) is 1.29. The van der Waals surface area contributed by atoms with Crippen LogP contribution in [0.3, 0.4) is 0 Å². The first-order valence-corrected chi connectivity index (χ1v) is 6.51. The molecular weight excluding hydrogens is 262 g/mol. The van der Waals surface area contributed by atoms with Crippen molar-refractivity contribution in [2.45, 2.75) is 32.4 Å². The van der Waals surface area contributed by atoms with E-state index in [0.717, 1.165) is 19.4 Å². The zero-order valence-electron chi connectivity index (χ0n) is 8.29. The van der Waals surface area contributed by atoms with Crippen molar-refractivity contribution in [3.63, 3.8) is 0 Å². The third kappa shape index (κ3) is 3.69. The van der Waals surface area contributed by atoms with Gasteiger partial charge in [0.25, 0.3) is 0 Å². The van der Waals surface area contributed by atoms with E-state index < -0.39 is 0 Å². The van der Waals surface area contributed by atoms with Gasteiger partial charge in [-0.3, -0.25) is 0 Å². The summed E-state index contributed by atoms with van der Waals surface area (Å²) in [5.74, 6) is 0. The van der Waals surface area contributed by atoms with E-state index in [9.17, 15) is 0 Å². The van der Waals surface area contributed by atoms with Gasteiger partial charge < -0.3 is 10.4 Å². The molecule has 0 fully saturated rings. The summed E-state index contributed by atoms with van der Waals surface area (Å²) in [6, 6.07) is 2.49. The molecule has 0 spiro atoms. The van der Waals surface area contributed by atoms with Crippen molar-refractivity contribution in [1.29, 1.82) is 0 Å². The minimum atomic E-state index is 0.261. The van der Waals surface area contributed by atoms with Crippen LogP contribution in [0.5, 0.6) is 0 Å². The van der Waals surface area contributed by atoms with Crippen LogP contribution in [-0.4, -0.2) is 17.8 Å². The summed E-state index contributed by atoms with van der Waals surface area (Å²) in [5, 5.41) is 14.3. The lowest BCUT2D eigenvalue weighted by atomic mass is 10.1. The molecule has 0 aliphatic heterocycles. The zero-order chi connectivity index (χ0) is 10.4. The highest BCUT2D eigenvalue weighted by molar-refractivity contribution is 9.10. The lowest BCUT2D eigenvalue weighted by Gasteiger charge is -2.14. The maximum Gasteiger partial charge on any atom is 0.0445 e. The lowest BCUT2D eigenvalue weighted by Crippen LogP contribution is -2.28. The van der Waals surface area contributed by atoms with Gasteiger partial charge in [0.15, 0.2) is 0 Å². The van der Waals surface area contributed by atoms with Crippen molar-refractivity contribution in [3.8, 4) is 0 Å². The van der Waals surface area contributed by atoms with Crippen LogP contribution in [0.15, 0.2) is 15.9 Å². The number of hydrogen-bond donors (Lipinski definition) is 2. The minimum absolute atomic E-state index is 0.261. The third-order valence-corrected chi connectivity index (χ3v) is 4.14. The molecule has 2 N–H and O–H groups in total. The molecule has 2 nitrogen and oxygen atoms in total. The van der Waals surface area contributed by atoms with Crippen LogP contribution in [0.25, 0.3) is 0 Å². The molecule has 0 aromatic carbocycles. The van der Waals surface area contributed by atoms with Gasteiger partial charge in [-0.1, -0.05) is 6.92 Å². The molecule has 0 bridgehead atoms. The van der Waals surface area contributed by atoms with Gasteiger partial charge in [0.1, 0.15) is 0 Å². The molecule has 0 saturated carbocycles. The average Bonchev–Trinajstić information content (AvgIpc) is 2.59. The molecule has 0 aliphatic rings. The highest BCUT2D eigenvalue weighted by atomic mass is 79.9. The van der Waals surface area contributed by atoms with Gasteiger partial charge >= 0.3 is 0 Å². The maximum absolute atomic E-state index is 8.83. The SMILES string of the molecule is CC[C@H](CCO)NCc1sccc1Br. The Bertz CT molecular complexity index is 264. The van der Waals surface area contributed by atoms with Crippen molar-refractivity contribution < 1.29 is 5.11 Å². The topological polar surface area (TPSA) is 32.3 Å². The van der Waals surface area contributed by atoms with Crippen molar-refractivity contribution in [2.24, 2.45) is 0 Å². The summed E-state index contributed by atoms with van der Waals surface area (Å²) in [6.07, 6.45) is 1.89. The maximum atomic E-state index is 8.83. The van der Waals surface area contributed by atoms with Gasteiger partial charge in [-0.2, -0.15) is 0 Å². The van der Waals surface area contributed by atoms with E-state index in [1.54, 1.807) is 11.3 Å². The van der Waals surface area contributed by atoms with Crippen molar-refractivity contribution in [1.82, 2.24) is 5.32 Å². The van der Waals surface area contributed by atoms with Crippen LogP contribution >= 0.6 is 27.3 Å². The van der Waals surface area contributed by atoms with Gasteiger partial charge in [0, 0.05) is 28.5 Å². The average molecular weight is 278 g/mol. The highest BCUT2D eigenvalue weighted by Gasteiger charge is 2.06. The first-order valence-electron chi connectivity index (χ1n) is 4.84. The molecule has 1 atom stereocenters. The number of nitrogens with one attached hydrogen (secondary N) is 1. The Morgan fingerprint density at radius 3 is 2.93 bits per heavy atom. The molecule has 0 saturated heterocycles. The molecule has 1 aromatic heterocycles. The van der Waals surface area contributed by atoms with Gasteiger partial charge in [0.05, 0.1) is 0 Å². The highest BCUT2D eigenvalue weighted by Crippen LogP contribution is 2.22. The molecule has 80 valence electrons. The fraction of sp³-hybridized carbons (Fsp3) is 0.600. The predicted octanol–water partition coefficient (Wildman–Crippen LogP) is 2.76. The monoisotopic (exact) mass is 277 g/mol. The Labute approximate surface area is 97.5 Å². The number of halogens is 1. The first kappa shape index (κ1) is 12.2. The van der Waals surface area contributed by atoms with E-state index in [2.05, 4.69) is 39.6 Å². The molecule has 0 amide bonds. The molecule has 0 aliphatic carbocycles. The second-order valence-electron chi connectivity index (χ2n) is 3.19. The van der Waals surface area contributed by atoms with Crippen LogP contribution in [0.1, 0.15) is 24.6 Å². The molecule has 1 heterocycles. The molecule has 0 radical (unpaired) electrons. The Kier molecular flexibility index (Phi) is 5.70. The summed E-state index contributed by atoms with van der Waals surface area (Å²) in [7, 11) is 0. The Morgan fingerprint density at radius 2 is 2.43 bits per heavy atom. The standard InChI is InChI=1S/C10H16BrNOS/c1-2-8(3-5-13)12-7-10-9(11)4-6-14-10/h4,6,8,12-13H,2-3,5,7H2,1H3/t8-/m1/s1. The normalized spacial score (nSPS) is 13.1. The molecular formula is C10H16BrNOS. The summed E-state index contributed by atoms with van der Waals surface area (Å²) in [4.78, 5) is 1.32. The fourth-order valence-corrected chi connectivity index (χ4v) is 2.74. The van der Waals surface area contributed by atoms with Crippen LogP contribution < -0.4 is 5.32 Å². The summed E-state index contributed by atoms with van der Waals surface area (Å²) in [6.45, 7) is 3.28. The number of rotatable bonds is 6. The Morgan fingerprint density at radius 1 is 1.64 bits per heavy atom. The molecule has 4 heteroatoms. The second kappa shape index (κ2) is 6.56. The molecule has 0 unspecified atom stereocenters. The van der Waals surface area contributed by atoms with Crippen LogP contribution in [0.2, 0.25) is 0 Å². The summed E-state index contributed by atoms with van der Waals surface area (Å²) in [5.41, 5.74) is 0. The minimum Gasteiger partial charge on any atom is -0.396 e. The van der Waals surface area contributed by atoms with E-state index in [1.165, 1.54) is 9.35 Å². The Hall–Kier alpha value is 0.100. The number of hydrogen-bond acceptors (Lipinski definition) is 3. The molecule has 14 heavy (non-hydrogen) atoms. The van der Waals surface area contributed by atoms with Gasteiger partial charge in [-0.05, 0) is 40.2 Å². The van der Waals surface area contributed by atoms with E-state index in [4.69, 9.17) is 5.11 Å². The largest absolute Gasteiger partial charge is 0.396 e. The van der Waals surface area contributed by atoms with Gasteiger partial charge in [0.2, 0.25) is 0 Å². The number of aliphatic hydroxyl groups excluding tert-OH is 1. The first-order chi connectivity index (χ1) is 6.77. The van der Waals surface area contributed by atoms with Gasteiger partial charge in [-0.25, -0.2) is 0 Å². The number of thiophene rings is 1. The van der Waals surface area contributed by atoms with Crippen molar-refractivity contribution in [2.75, 3.05) is 6.61 Å². The lowest BCUT2D eigenvalue weighted by molar-refractivity contribution is 0.262. The van der Waals surface area contributed by atoms with Crippen LogP contribution in [0, 0.1) is 0 Å². The van der Waals surface area contributed by atoms with Crippen LogP contribution in [-0.2, 0) is 6.54 Å². The predicted molar refractivity (Wildman–Crippen MR) is 64.6 cm³/mol. The summed E-state index contributed by atoms with van der Waals surface area (Å²) >= 11 is 5.25. The van der Waals surface area contributed by atoms with Gasteiger partial charge in [-0.15, -0.1) is 11.3 Å². The third-order valence-electron chi connectivity index (χ3n) is 2.21. The zero-order valence-corrected chi connectivity index (χ0v) is 10.7. The second-order valence-corrected chi connectivity index (χ2v) is 5.05. The molecule has 1 rings (SSSR count). The van der Waals surface area contributed by atoms with E-state index in [1.807, 2.05) is 0 Å². The van der Waals surface area contributed by atoms with Crippen LogP contribution in [0.4, 0.5) is 0 Å². The Balaban J connectivity index is 2.35. The van der Waals surface area contributed by atoms with E-state index in [-0.39, 0.29) is 6.61 Å². The van der Waals surface area contributed by atoms with E-state index >= 15 is 0 Å². The van der Waals surface area contributed by atoms with Crippen molar-refractivity contribution in [3.05, 3.63) is 20.8 Å². The van der Waals surface area contributed by atoms with E-state index in [0.29, 0.717) is 6.04 Å².